The van der Waals surface area contributed by atoms with Gasteiger partial charge in [0.05, 0.1) is 5.52 Å². The summed E-state index contributed by atoms with van der Waals surface area (Å²) in [4.78, 5) is 4.43. The summed E-state index contributed by atoms with van der Waals surface area (Å²) in [6, 6.07) is 15.1. The molecule has 0 saturated heterocycles. The molecule has 0 aliphatic rings. The predicted octanol–water partition coefficient (Wildman–Crippen LogP) is 5.38. The van der Waals surface area contributed by atoms with Crippen LogP contribution in [-0.2, 0) is 6.42 Å². The Bertz CT molecular complexity index is 747. The number of benzene rings is 2. The average Bonchev–Trinajstić information content (AvgIpc) is 2.53. The highest BCUT2D eigenvalue weighted by Crippen LogP contribution is 2.28. The summed E-state index contributed by atoms with van der Waals surface area (Å²) in [6.07, 6.45) is 5.28. The molecule has 0 N–H and O–H groups in total. The highest BCUT2D eigenvalue weighted by atomic mass is 19.1. The molecule has 0 atom stereocenters. The van der Waals surface area contributed by atoms with Crippen molar-refractivity contribution in [1.29, 1.82) is 0 Å². The molecule has 2 aromatic carbocycles. The Labute approximate surface area is 124 Å². The zero-order chi connectivity index (χ0) is 14.7. The average molecular weight is 279 g/mol. The van der Waals surface area contributed by atoms with Crippen molar-refractivity contribution in [2.24, 2.45) is 0 Å². The van der Waals surface area contributed by atoms with E-state index in [1.165, 1.54) is 30.5 Å². The van der Waals surface area contributed by atoms with Gasteiger partial charge in [-0.15, -0.1) is 0 Å². The Kier molecular flexibility index (Phi) is 3.96. The normalized spacial score (nSPS) is 11.0. The van der Waals surface area contributed by atoms with E-state index in [1.807, 2.05) is 24.4 Å². The van der Waals surface area contributed by atoms with Crippen LogP contribution in [0.15, 0.2) is 54.7 Å². The molecule has 1 aromatic heterocycles. The van der Waals surface area contributed by atoms with Gasteiger partial charge in [-0.05, 0) is 59.9 Å². The molecule has 0 saturated carbocycles. The largest absolute Gasteiger partial charge is 0.256 e. The minimum absolute atomic E-state index is 0.208. The van der Waals surface area contributed by atoms with Crippen LogP contribution in [0.5, 0.6) is 0 Å². The summed E-state index contributed by atoms with van der Waals surface area (Å²) in [5.74, 6) is -0.208. The number of fused-ring (bicyclic) bond motifs is 1. The maximum atomic E-state index is 13.1. The second-order valence-electron chi connectivity index (χ2n) is 5.32. The van der Waals surface area contributed by atoms with Crippen molar-refractivity contribution >= 4 is 10.9 Å². The molecule has 0 fully saturated rings. The van der Waals surface area contributed by atoms with Crippen molar-refractivity contribution in [2.45, 2.75) is 26.2 Å². The summed E-state index contributed by atoms with van der Waals surface area (Å²) < 4.78 is 13.1. The van der Waals surface area contributed by atoms with Crippen LogP contribution in [0.3, 0.4) is 0 Å². The number of unbranched alkanes of at least 4 members (excludes halogenated alkanes) is 1. The molecule has 0 unspecified atom stereocenters. The fourth-order valence-corrected chi connectivity index (χ4v) is 2.61. The summed E-state index contributed by atoms with van der Waals surface area (Å²) in [5, 5.41) is 1.14. The molecule has 0 amide bonds. The minimum atomic E-state index is -0.208. The topological polar surface area (TPSA) is 12.9 Å². The Morgan fingerprint density at radius 2 is 1.81 bits per heavy atom. The molecule has 106 valence electrons. The zero-order valence-corrected chi connectivity index (χ0v) is 12.1. The van der Waals surface area contributed by atoms with Crippen LogP contribution < -0.4 is 0 Å². The van der Waals surface area contributed by atoms with E-state index in [9.17, 15) is 4.39 Å². The number of halogens is 1. The minimum Gasteiger partial charge on any atom is -0.256 e. The van der Waals surface area contributed by atoms with Gasteiger partial charge in [0.2, 0.25) is 0 Å². The van der Waals surface area contributed by atoms with Crippen LogP contribution in [0.2, 0.25) is 0 Å². The standard InChI is InChI=1S/C19H18FN/c1-2-3-4-14-5-10-19-18(13-14)17(11-12-21-19)15-6-8-16(20)9-7-15/h5-13H,2-4H2,1H3. The third-order valence-corrected chi connectivity index (χ3v) is 3.78. The molecule has 0 aliphatic heterocycles. The molecule has 21 heavy (non-hydrogen) atoms. The summed E-state index contributed by atoms with van der Waals surface area (Å²) in [7, 11) is 0. The molecule has 3 aromatic rings. The van der Waals surface area contributed by atoms with Crippen molar-refractivity contribution in [2.75, 3.05) is 0 Å². The fourth-order valence-electron chi connectivity index (χ4n) is 2.61. The molecule has 0 aliphatic carbocycles. The highest BCUT2D eigenvalue weighted by Gasteiger charge is 2.06. The number of nitrogens with zero attached hydrogens (tertiary/aromatic N) is 1. The molecule has 2 heteroatoms. The number of aryl methyl sites for hydroxylation is 1. The van der Waals surface area contributed by atoms with Crippen LogP contribution in [0, 0.1) is 5.82 Å². The van der Waals surface area contributed by atoms with E-state index in [2.05, 4.69) is 30.1 Å². The van der Waals surface area contributed by atoms with Gasteiger partial charge in [-0.25, -0.2) is 4.39 Å². The van der Waals surface area contributed by atoms with E-state index in [0.717, 1.165) is 28.5 Å². The lowest BCUT2D eigenvalue weighted by molar-refractivity contribution is 0.628. The molecule has 0 bridgehead atoms. The van der Waals surface area contributed by atoms with Gasteiger partial charge in [-0.1, -0.05) is 31.5 Å². The quantitative estimate of drug-likeness (QED) is 0.624. The maximum Gasteiger partial charge on any atom is 0.123 e. The van der Waals surface area contributed by atoms with Gasteiger partial charge in [0.25, 0.3) is 0 Å². The van der Waals surface area contributed by atoms with Gasteiger partial charge in [0.15, 0.2) is 0 Å². The molecule has 0 radical (unpaired) electrons. The second-order valence-corrected chi connectivity index (χ2v) is 5.32. The fraction of sp³-hybridized carbons (Fsp3) is 0.211. The number of hydrogen-bond donors (Lipinski definition) is 0. The van der Waals surface area contributed by atoms with Gasteiger partial charge in [0, 0.05) is 11.6 Å². The van der Waals surface area contributed by atoms with E-state index >= 15 is 0 Å². The van der Waals surface area contributed by atoms with Gasteiger partial charge in [-0.2, -0.15) is 0 Å². The van der Waals surface area contributed by atoms with Crippen molar-refractivity contribution < 1.29 is 4.39 Å². The molecule has 0 spiro atoms. The van der Waals surface area contributed by atoms with Crippen molar-refractivity contribution in [3.63, 3.8) is 0 Å². The van der Waals surface area contributed by atoms with E-state index in [0.29, 0.717) is 0 Å². The van der Waals surface area contributed by atoms with E-state index in [-0.39, 0.29) is 5.82 Å². The molecule has 1 heterocycles. The first-order chi connectivity index (χ1) is 10.3. The van der Waals surface area contributed by atoms with E-state index in [4.69, 9.17) is 0 Å². The van der Waals surface area contributed by atoms with Gasteiger partial charge in [0.1, 0.15) is 5.82 Å². The molecule has 3 rings (SSSR count). The number of pyridine rings is 1. The van der Waals surface area contributed by atoms with Crippen LogP contribution in [-0.4, -0.2) is 4.98 Å². The second kappa shape index (κ2) is 6.04. The predicted molar refractivity (Wildman–Crippen MR) is 85.7 cm³/mol. The van der Waals surface area contributed by atoms with E-state index in [1.54, 1.807) is 0 Å². The summed E-state index contributed by atoms with van der Waals surface area (Å²) >= 11 is 0. The van der Waals surface area contributed by atoms with Crippen molar-refractivity contribution in [3.05, 3.63) is 66.1 Å². The summed E-state index contributed by atoms with van der Waals surface area (Å²) in [6.45, 7) is 2.20. The Morgan fingerprint density at radius 1 is 1.00 bits per heavy atom. The Balaban J connectivity index is 2.10. The molecule has 1 nitrogen and oxygen atoms in total. The third-order valence-electron chi connectivity index (χ3n) is 3.78. The first-order valence-electron chi connectivity index (χ1n) is 7.41. The zero-order valence-electron chi connectivity index (χ0n) is 12.1. The van der Waals surface area contributed by atoms with Crippen molar-refractivity contribution in [1.82, 2.24) is 4.98 Å². The lowest BCUT2D eigenvalue weighted by Gasteiger charge is -2.08. The first-order valence-corrected chi connectivity index (χ1v) is 7.41. The third kappa shape index (κ3) is 2.94. The number of hydrogen-bond acceptors (Lipinski definition) is 1. The number of rotatable bonds is 4. The van der Waals surface area contributed by atoms with Crippen molar-refractivity contribution in [3.8, 4) is 11.1 Å². The SMILES string of the molecule is CCCCc1ccc2nccc(-c3ccc(F)cc3)c2c1. The first kappa shape index (κ1) is 13.7. The van der Waals surface area contributed by atoms with E-state index < -0.39 is 0 Å². The van der Waals surface area contributed by atoms with Crippen LogP contribution in [0.4, 0.5) is 4.39 Å². The molecular formula is C19H18FN. The van der Waals surface area contributed by atoms with Gasteiger partial charge in [-0.3, -0.25) is 4.98 Å². The van der Waals surface area contributed by atoms with Crippen LogP contribution >= 0.6 is 0 Å². The Hall–Kier alpha value is -2.22. The molecular weight excluding hydrogens is 261 g/mol. The van der Waals surface area contributed by atoms with Gasteiger partial charge >= 0.3 is 0 Å². The smallest absolute Gasteiger partial charge is 0.123 e. The monoisotopic (exact) mass is 279 g/mol. The highest BCUT2D eigenvalue weighted by molar-refractivity contribution is 5.94. The lowest BCUT2D eigenvalue weighted by Crippen LogP contribution is -1.89. The maximum absolute atomic E-state index is 13.1. The Morgan fingerprint density at radius 3 is 2.57 bits per heavy atom. The summed E-state index contributed by atoms with van der Waals surface area (Å²) in [5.41, 5.74) is 4.45. The lowest BCUT2D eigenvalue weighted by atomic mass is 9.98. The van der Waals surface area contributed by atoms with Crippen LogP contribution in [0.1, 0.15) is 25.3 Å². The van der Waals surface area contributed by atoms with Gasteiger partial charge < -0.3 is 0 Å². The van der Waals surface area contributed by atoms with Crippen LogP contribution in [0.25, 0.3) is 22.0 Å². The number of aromatic nitrogens is 1.